The van der Waals surface area contributed by atoms with Gasteiger partial charge in [0.1, 0.15) is 24.0 Å². The Morgan fingerprint density at radius 3 is 2.43 bits per heavy atom. The lowest BCUT2D eigenvalue weighted by Gasteiger charge is -2.45. The number of aliphatic hydroxyl groups excluding tert-OH is 1. The number of nitrogens with one attached hydrogen (secondary N) is 4. The van der Waals surface area contributed by atoms with Gasteiger partial charge in [0.15, 0.2) is 5.60 Å². The highest BCUT2D eigenvalue weighted by Crippen LogP contribution is 2.44. The van der Waals surface area contributed by atoms with Crippen LogP contribution in [0.1, 0.15) is 88.5 Å². The average Bonchev–Trinajstić information content (AvgIpc) is 3.75. The number of anilines is 2. The van der Waals surface area contributed by atoms with Gasteiger partial charge in [-0.1, -0.05) is 48.2 Å². The number of carboxylic acids is 1. The Morgan fingerprint density at radius 2 is 1.71 bits per heavy atom. The largest absolute Gasteiger partial charge is 0.495 e. The number of aromatic nitrogens is 4. The van der Waals surface area contributed by atoms with Crippen molar-refractivity contribution < 1.29 is 48.4 Å². The molecule has 6 heterocycles. The van der Waals surface area contributed by atoms with E-state index in [4.69, 9.17) is 24.2 Å². The van der Waals surface area contributed by atoms with Gasteiger partial charge in [0.2, 0.25) is 23.7 Å². The fourth-order valence-electron chi connectivity index (χ4n) is 11.6. The first-order valence-electron chi connectivity index (χ1n) is 28.8. The minimum Gasteiger partial charge on any atom is -0.495 e. The van der Waals surface area contributed by atoms with E-state index in [1.165, 1.54) is 12.0 Å². The number of likely N-dealkylation sites (tertiary alicyclic amines) is 1. The van der Waals surface area contributed by atoms with Crippen molar-refractivity contribution in [1.29, 1.82) is 0 Å². The molecular weight excluding hydrogens is 1070 g/mol. The number of pyridine rings is 1. The number of piperidine rings is 2. The highest BCUT2D eigenvalue weighted by Gasteiger charge is 2.44. The van der Waals surface area contributed by atoms with Gasteiger partial charge in [-0.2, -0.15) is 0 Å². The van der Waals surface area contributed by atoms with Gasteiger partial charge in [0, 0.05) is 105 Å². The Kier molecular flexibility index (Phi) is 18.1. The Labute approximate surface area is 486 Å². The maximum atomic E-state index is 13.9. The number of aromatic amines is 1. The number of aliphatic hydroxyl groups is 1. The number of benzene rings is 3. The zero-order valence-electron chi connectivity index (χ0n) is 47.9. The van der Waals surface area contributed by atoms with Crippen LogP contribution in [0.15, 0.2) is 90.0 Å². The highest BCUT2D eigenvalue weighted by molar-refractivity contribution is 6.07. The van der Waals surface area contributed by atoms with Gasteiger partial charge in [0.05, 0.1) is 56.3 Å². The molecule has 0 radical (unpaired) electrons. The van der Waals surface area contributed by atoms with Gasteiger partial charge >= 0.3 is 12.0 Å². The number of ether oxygens (including phenoxy) is 3. The van der Waals surface area contributed by atoms with Crippen LogP contribution in [0.2, 0.25) is 0 Å². The zero-order valence-corrected chi connectivity index (χ0v) is 47.9. The lowest BCUT2D eigenvalue weighted by Crippen LogP contribution is -2.57. The molecule has 3 aliphatic heterocycles. The number of imide groups is 1. The van der Waals surface area contributed by atoms with Gasteiger partial charge in [0.25, 0.3) is 5.56 Å². The molecule has 4 fully saturated rings. The molecule has 22 nitrogen and oxygen atoms in total. The highest BCUT2D eigenvalue weighted by atomic mass is 16.5. The van der Waals surface area contributed by atoms with Crippen LogP contribution in [0.4, 0.5) is 16.4 Å². The Bertz CT molecular complexity index is 3540. The number of urea groups is 1. The number of H-pyrrole nitrogens is 1. The number of nitrogens with zero attached hydrogens (tertiary/aromatic N) is 7. The van der Waals surface area contributed by atoms with E-state index in [0.29, 0.717) is 53.4 Å². The summed E-state index contributed by atoms with van der Waals surface area (Å²) in [5, 5.41) is 31.1. The molecular formula is C62H73N11O11. The van der Waals surface area contributed by atoms with Gasteiger partial charge in [-0.25, -0.2) is 19.7 Å². The normalized spacial score (nSPS) is 17.8. The van der Waals surface area contributed by atoms with E-state index in [1.807, 2.05) is 54.7 Å². The van der Waals surface area contributed by atoms with Crippen molar-refractivity contribution in [2.45, 2.75) is 101 Å². The number of rotatable bonds is 22. The third kappa shape index (κ3) is 12.9. The molecule has 1 saturated carbocycles. The maximum Gasteiger partial charge on any atom is 0.332 e. The number of aliphatic carboxylic acids is 1. The second-order valence-electron chi connectivity index (χ2n) is 22.2. The quantitative estimate of drug-likeness (QED) is 0.0387. The molecule has 0 spiro atoms. The minimum absolute atomic E-state index is 0.0194. The average molecular weight is 1150 g/mol. The van der Waals surface area contributed by atoms with Crippen molar-refractivity contribution in [3.63, 3.8) is 0 Å². The number of aryl methyl sites for hydroxylation is 1. The topological polar surface area (TPSA) is 266 Å². The smallest absolute Gasteiger partial charge is 0.332 e. The summed E-state index contributed by atoms with van der Waals surface area (Å²) < 4.78 is 19.3. The summed E-state index contributed by atoms with van der Waals surface area (Å²) in [6.07, 6.45) is 8.26. The number of carbonyl (C=O) groups is 5. The SMILES string of the molecule is CCOCCC(=O)N[C@@H](CC(=O)O)C(=O)NCN1C(=O)CCN(c2cc(C#CCNC3(C)CCN(C4CCN(c5nc([C@@](CO)(OC6CC6)c6ccccc6)c6cc(-c7cn(C)c(=O)c8[nH]ccc78)ccc6n5)CC4)CC3)ccc2OC)C1=O. The Balaban J connectivity index is 0.770. The molecule has 442 valence electrons. The van der Waals surface area contributed by atoms with Gasteiger partial charge in [-0.05, 0) is 99.9 Å². The maximum absolute atomic E-state index is 13.9. The van der Waals surface area contributed by atoms with Crippen LogP contribution in [0.25, 0.3) is 32.9 Å². The zero-order chi connectivity index (χ0) is 59.1. The van der Waals surface area contributed by atoms with Crippen molar-refractivity contribution in [3.8, 4) is 28.7 Å². The molecule has 3 saturated heterocycles. The van der Waals surface area contributed by atoms with Gasteiger partial charge < -0.3 is 59.7 Å². The van der Waals surface area contributed by atoms with Gasteiger partial charge in [-0.3, -0.25) is 28.9 Å². The van der Waals surface area contributed by atoms with Crippen LogP contribution >= 0.6 is 0 Å². The fraction of sp³-hybridized carbons (Fsp3) is 0.452. The number of methoxy groups -OCH3 is 1. The van der Waals surface area contributed by atoms with E-state index in [-0.39, 0.29) is 49.8 Å². The fourth-order valence-corrected chi connectivity index (χ4v) is 11.6. The van der Waals surface area contributed by atoms with Crippen molar-refractivity contribution in [2.75, 3.05) is 82.7 Å². The lowest BCUT2D eigenvalue weighted by molar-refractivity contribution is -0.141. The minimum atomic E-state index is -1.45. The predicted molar refractivity (Wildman–Crippen MR) is 315 cm³/mol. The second kappa shape index (κ2) is 25.7. The summed E-state index contributed by atoms with van der Waals surface area (Å²) in [4.78, 5) is 97.8. The summed E-state index contributed by atoms with van der Waals surface area (Å²) in [6.45, 7) is 7.41. The molecule has 22 heteroatoms. The molecule has 10 rings (SSSR count). The lowest BCUT2D eigenvalue weighted by atomic mass is 9.87. The van der Waals surface area contributed by atoms with E-state index in [0.717, 1.165) is 103 Å². The van der Waals surface area contributed by atoms with Crippen molar-refractivity contribution in [3.05, 3.63) is 112 Å². The molecule has 3 aromatic carbocycles. The van der Waals surface area contributed by atoms with E-state index >= 15 is 0 Å². The summed E-state index contributed by atoms with van der Waals surface area (Å²) in [6, 6.07) is 21.3. The first-order valence-corrected chi connectivity index (χ1v) is 28.8. The molecule has 4 aliphatic rings. The van der Waals surface area contributed by atoms with E-state index < -0.39 is 54.5 Å². The molecule has 0 bridgehead atoms. The van der Waals surface area contributed by atoms with Crippen LogP contribution in [0.5, 0.6) is 5.75 Å². The second-order valence-corrected chi connectivity index (χ2v) is 22.2. The molecule has 84 heavy (non-hydrogen) atoms. The van der Waals surface area contributed by atoms with E-state index in [2.05, 4.69) is 55.6 Å². The third-order valence-electron chi connectivity index (χ3n) is 16.5. The van der Waals surface area contributed by atoms with Crippen LogP contribution in [-0.4, -0.2) is 166 Å². The van der Waals surface area contributed by atoms with Crippen LogP contribution in [0, 0.1) is 11.8 Å². The standard InChI is InChI=1S/C62H73N11O11/c1-5-83-33-23-52(75)66-49(36-54(77)78)57(79)64-39-73-53(76)22-30-72(60(73)81)50-34-40(13-18-51(50)82-4)10-9-26-65-61(2)24-31-70(32-25-61)43-20-28-71(29-21-43)59-67-48-17-14-41(47-37-69(3)58(80)55-45(47)19-27-63-55)35-46(48)56(68-59)62(38-74,84-44-15-16-44)42-11-7-6-8-12-42/h6-8,11-14,17-19,27,34-35,37,43-44,49,63,65,74H,5,15-16,20-26,28-33,36,38-39H2,1-4H3,(H,64,79)(H,66,75)(H,77,78)/t49-,62-/m0/s1. The van der Waals surface area contributed by atoms with Crippen LogP contribution in [0.3, 0.4) is 0 Å². The van der Waals surface area contributed by atoms with Crippen molar-refractivity contribution in [1.82, 2.24) is 45.3 Å². The number of hydrogen-bond acceptors (Lipinski definition) is 15. The number of fused-ring (bicyclic) bond motifs is 2. The van der Waals surface area contributed by atoms with Crippen LogP contribution in [-0.2, 0) is 41.3 Å². The molecule has 5 amide bonds. The first-order chi connectivity index (χ1) is 40.6. The first kappa shape index (κ1) is 59.0. The summed E-state index contributed by atoms with van der Waals surface area (Å²) in [5.41, 5.74) is 3.93. The number of carbonyl (C=O) groups excluding carboxylic acids is 4. The molecule has 2 atom stereocenters. The summed E-state index contributed by atoms with van der Waals surface area (Å²) in [5.74, 6) is 4.12. The van der Waals surface area contributed by atoms with Crippen LogP contribution < -0.4 is 36.0 Å². The van der Waals surface area contributed by atoms with E-state index in [1.54, 1.807) is 42.9 Å². The number of amides is 5. The Morgan fingerprint density at radius 1 is 0.940 bits per heavy atom. The monoisotopic (exact) mass is 1150 g/mol. The van der Waals surface area contributed by atoms with Crippen molar-refractivity contribution in [2.24, 2.45) is 7.05 Å². The molecule has 3 aromatic heterocycles. The summed E-state index contributed by atoms with van der Waals surface area (Å²) >= 11 is 0. The third-order valence-corrected chi connectivity index (χ3v) is 16.5. The summed E-state index contributed by atoms with van der Waals surface area (Å²) in [7, 11) is 3.22. The van der Waals surface area contributed by atoms with Gasteiger partial charge in [-0.15, -0.1) is 0 Å². The number of hydrogen-bond donors (Lipinski definition) is 6. The number of carboxylic acid groups (broad SMARTS) is 1. The van der Waals surface area contributed by atoms with Crippen molar-refractivity contribution >= 4 is 63.2 Å². The molecule has 0 unspecified atom stereocenters. The van der Waals surface area contributed by atoms with E-state index in [9.17, 15) is 39.0 Å². The molecule has 1 aliphatic carbocycles. The predicted octanol–water partition coefficient (Wildman–Crippen LogP) is 4.98. The Hall–Kier alpha value is -8.20. The molecule has 6 aromatic rings. The molecule has 6 N–H and O–H groups in total.